The van der Waals surface area contributed by atoms with Crippen molar-refractivity contribution in [3.8, 4) is 0 Å². The second-order valence-electron chi connectivity index (χ2n) is 5.98. The number of aryl methyl sites for hydroxylation is 1. The zero-order chi connectivity index (χ0) is 16.9. The van der Waals surface area contributed by atoms with E-state index < -0.39 is 0 Å². The first-order valence-corrected chi connectivity index (χ1v) is 8.45. The van der Waals surface area contributed by atoms with Gasteiger partial charge in [0.15, 0.2) is 0 Å². The number of aliphatic imine (C=N–C) groups is 1. The monoisotopic (exact) mass is 341 g/mol. The van der Waals surface area contributed by atoms with E-state index in [1.54, 1.807) is 0 Å². The molecule has 2 N–H and O–H groups in total. The van der Waals surface area contributed by atoms with E-state index in [0.29, 0.717) is 0 Å². The number of amides is 2. The number of benzene rings is 2. The summed E-state index contributed by atoms with van der Waals surface area (Å²) in [7, 11) is 0. The Kier molecular flexibility index (Phi) is 5.16. The quantitative estimate of drug-likeness (QED) is 0.785. The van der Waals surface area contributed by atoms with Crippen LogP contribution in [0.1, 0.15) is 36.4 Å². The molecule has 1 aliphatic heterocycles. The summed E-state index contributed by atoms with van der Waals surface area (Å²) in [6.07, 6.45) is 2.76. The lowest BCUT2D eigenvalue weighted by Gasteiger charge is -2.21. The summed E-state index contributed by atoms with van der Waals surface area (Å²) in [4.78, 5) is 16.8. The highest BCUT2D eigenvalue weighted by atomic mass is 35.5. The Morgan fingerprint density at radius 1 is 1.08 bits per heavy atom. The Labute approximate surface area is 146 Å². The van der Waals surface area contributed by atoms with Crippen LogP contribution in [0.2, 0.25) is 5.02 Å². The summed E-state index contributed by atoms with van der Waals surface area (Å²) in [5.74, 6) is 0.728. The van der Waals surface area contributed by atoms with Crippen LogP contribution in [0.15, 0.2) is 53.5 Å². The number of hydrogen-bond acceptors (Lipinski definition) is 2. The fourth-order valence-electron chi connectivity index (χ4n) is 2.73. The van der Waals surface area contributed by atoms with E-state index in [-0.39, 0.29) is 12.1 Å². The topological polar surface area (TPSA) is 53.5 Å². The first kappa shape index (κ1) is 16.5. The van der Waals surface area contributed by atoms with Crippen LogP contribution in [-0.4, -0.2) is 11.9 Å². The van der Waals surface area contributed by atoms with Crippen molar-refractivity contribution >= 4 is 29.2 Å². The van der Waals surface area contributed by atoms with Gasteiger partial charge in [0.25, 0.3) is 0 Å². The van der Waals surface area contributed by atoms with Crippen LogP contribution in [0, 0.1) is 6.92 Å². The normalized spacial score (nSPS) is 17.1. The maximum atomic E-state index is 12.1. The van der Waals surface area contributed by atoms with Crippen LogP contribution in [0.25, 0.3) is 0 Å². The van der Waals surface area contributed by atoms with Gasteiger partial charge in [-0.3, -0.25) is 10.3 Å². The van der Waals surface area contributed by atoms with E-state index in [1.807, 2.05) is 55.5 Å². The van der Waals surface area contributed by atoms with Crippen LogP contribution >= 0.6 is 11.6 Å². The molecule has 2 amide bonds. The van der Waals surface area contributed by atoms with Crippen LogP contribution in [0.3, 0.4) is 0 Å². The second kappa shape index (κ2) is 7.49. The molecule has 0 spiro atoms. The first-order valence-electron chi connectivity index (χ1n) is 8.07. The predicted octanol–water partition coefficient (Wildman–Crippen LogP) is 5.09. The average Bonchev–Trinajstić information content (AvgIpc) is 2.58. The molecular weight excluding hydrogens is 322 g/mol. The molecular formula is C19H20ClN3O. The molecule has 2 aromatic rings. The summed E-state index contributed by atoms with van der Waals surface area (Å²) >= 11 is 5.93. The number of carbonyl (C=O) groups excluding carboxylic acids is 1. The molecule has 0 saturated carbocycles. The van der Waals surface area contributed by atoms with Crippen LogP contribution in [-0.2, 0) is 0 Å². The predicted molar refractivity (Wildman–Crippen MR) is 98.8 cm³/mol. The van der Waals surface area contributed by atoms with Gasteiger partial charge in [-0.2, -0.15) is 0 Å². The lowest BCUT2D eigenvalue weighted by molar-refractivity contribution is 0.256. The van der Waals surface area contributed by atoms with E-state index in [9.17, 15) is 4.79 Å². The summed E-state index contributed by atoms with van der Waals surface area (Å²) in [5.41, 5.74) is 3.05. The standard InChI is InChI=1S/C19H20ClN3O/c1-13-5-11-16(12-6-13)21-19(24)23-18-4-2-3-17(22-18)14-7-9-15(20)10-8-14/h5-12,17H,2-4H2,1H3,(H2,21,22,23,24). The number of rotatable bonds is 2. The minimum Gasteiger partial charge on any atom is -0.308 e. The number of urea groups is 1. The van der Waals surface area contributed by atoms with Gasteiger partial charge in [0.2, 0.25) is 0 Å². The molecule has 124 valence electrons. The Hall–Kier alpha value is -2.33. The van der Waals surface area contributed by atoms with Crippen molar-refractivity contribution in [1.82, 2.24) is 5.32 Å². The first-order chi connectivity index (χ1) is 11.6. The highest BCUT2D eigenvalue weighted by Gasteiger charge is 2.18. The van der Waals surface area contributed by atoms with Crippen molar-refractivity contribution in [3.63, 3.8) is 0 Å². The average molecular weight is 342 g/mol. The highest BCUT2D eigenvalue weighted by molar-refractivity contribution is 6.30. The molecule has 1 heterocycles. The molecule has 1 aliphatic rings. The number of amidine groups is 1. The van der Waals surface area contributed by atoms with Gasteiger partial charge >= 0.3 is 6.03 Å². The van der Waals surface area contributed by atoms with Crippen molar-refractivity contribution in [2.45, 2.75) is 32.2 Å². The molecule has 0 saturated heterocycles. The number of nitrogens with zero attached hydrogens (tertiary/aromatic N) is 1. The van der Waals surface area contributed by atoms with Crippen molar-refractivity contribution in [2.24, 2.45) is 4.99 Å². The smallest absolute Gasteiger partial charge is 0.308 e. The lowest BCUT2D eigenvalue weighted by Crippen LogP contribution is -2.35. The SMILES string of the molecule is Cc1ccc(NC(=O)NC2=NC(c3ccc(Cl)cc3)CCC2)cc1. The summed E-state index contributed by atoms with van der Waals surface area (Å²) in [6, 6.07) is 15.2. The third-order valence-electron chi connectivity index (χ3n) is 4.02. The molecule has 24 heavy (non-hydrogen) atoms. The fourth-order valence-corrected chi connectivity index (χ4v) is 2.86. The molecule has 0 fully saturated rings. The largest absolute Gasteiger partial charge is 0.324 e. The Balaban J connectivity index is 1.64. The second-order valence-corrected chi connectivity index (χ2v) is 6.42. The maximum absolute atomic E-state index is 12.1. The molecule has 2 aromatic carbocycles. The van der Waals surface area contributed by atoms with Crippen LogP contribution in [0.4, 0.5) is 10.5 Å². The zero-order valence-corrected chi connectivity index (χ0v) is 14.3. The third kappa shape index (κ3) is 4.36. The molecule has 5 heteroatoms. The minimum absolute atomic E-state index is 0.0747. The molecule has 0 aromatic heterocycles. The van der Waals surface area contributed by atoms with E-state index >= 15 is 0 Å². The van der Waals surface area contributed by atoms with Gasteiger partial charge < -0.3 is 5.32 Å². The van der Waals surface area contributed by atoms with E-state index in [0.717, 1.165) is 46.9 Å². The molecule has 1 unspecified atom stereocenters. The van der Waals surface area contributed by atoms with Gasteiger partial charge in [-0.1, -0.05) is 41.4 Å². The number of halogens is 1. The minimum atomic E-state index is -0.255. The van der Waals surface area contributed by atoms with E-state index in [2.05, 4.69) is 15.6 Å². The fraction of sp³-hybridized carbons (Fsp3) is 0.263. The Morgan fingerprint density at radius 2 is 1.79 bits per heavy atom. The van der Waals surface area contributed by atoms with Crippen molar-refractivity contribution in [1.29, 1.82) is 0 Å². The molecule has 3 rings (SSSR count). The number of nitrogens with one attached hydrogen (secondary N) is 2. The highest BCUT2D eigenvalue weighted by Crippen LogP contribution is 2.28. The maximum Gasteiger partial charge on any atom is 0.324 e. The molecule has 0 radical (unpaired) electrons. The molecule has 1 atom stereocenters. The van der Waals surface area contributed by atoms with Gasteiger partial charge in [0, 0.05) is 17.1 Å². The molecule has 4 nitrogen and oxygen atoms in total. The van der Waals surface area contributed by atoms with Gasteiger partial charge in [0.05, 0.1) is 6.04 Å². The number of hydrogen-bond donors (Lipinski definition) is 2. The number of anilines is 1. The van der Waals surface area contributed by atoms with E-state index in [1.165, 1.54) is 0 Å². The van der Waals surface area contributed by atoms with Gasteiger partial charge in [-0.05, 0) is 49.6 Å². The third-order valence-corrected chi connectivity index (χ3v) is 4.28. The van der Waals surface area contributed by atoms with Crippen molar-refractivity contribution in [3.05, 3.63) is 64.7 Å². The van der Waals surface area contributed by atoms with Crippen molar-refractivity contribution in [2.75, 3.05) is 5.32 Å². The van der Waals surface area contributed by atoms with Crippen LogP contribution < -0.4 is 10.6 Å². The van der Waals surface area contributed by atoms with Crippen molar-refractivity contribution < 1.29 is 4.79 Å². The van der Waals surface area contributed by atoms with Gasteiger partial charge in [0.1, 0.15) is 5.84 Å². The van der Waals surface area contributed by atoms with Gasteiger partial charge in [-0.15, -0.1) is 0 Å². The van der Waals surface area contributed by atoms with E-state index in [4.69, 9.17) is 11.6 Å². The summed E-state index contributed by atoms with van der Waals surface area (Å²) < 4.78 is 0. The summed E-state index contributed by atoms with van der Waals surface area (Å²) in [5, 5.41) is 6.41. The lowest BCUT2D eigenvalue weighted by atomic mass is 9.98. The molecule has 0 aliphatic carbocycles. The summed E-state index contributed by atoms with van der Waals surface area (Å²) in [6.45, 7) is 2.01. The Bertz CT molecular complexity index is 738. The molecule has 0 bridgehead atoms. The Morgan fingerprint density at radius 3 is 2.50 bits per heavy atom. The van der Waals surface area contributed by atoms with Gasteiger partial charge in [-0.25, -0.2) is 4.79 Å². The van der Waals surface area contributed by atoms with Crippen LogP contribution in [0.5, 0.6) is 0 Å². The number of carbonyl (C=O) groups is 1. The zero-order valence-electron chi connectivity index (χ0n) is 13.6.